The quantitative estimate of drug-likeness (QED) is 0.140. The molecule has 0 atom stereocenters. The zero-order valence-corrected chi connectivity index (χ0v) is 32.0. The molecule has 0 aromatic heterocycles. The molecular formula is C36H37AuF6NO4PS2. The van der Waals surface area contributed by atoms with Gasteiger partial charge in [0.05, 0.1) is 0 Å². The van der Waals surface area contributed by atoms with Gasteiger partial charge in [0.2, 0.25) is 0 Å². The molecule has 15 heteroatoms. The number of allylic oxidation sites excluding steroid dienone is 2. The molecule has 3 aromatic rings. The van der Waals surface area contributed by atoms with Crippen LogP contribution in [0.5, 0.6) is 0 Å². The number of alkyl halides is 6. The van der Waals surface area contributed by atoms with Crippen LogP contribution >= 0.6 is 7.92 Å². The van der Waals surface area contributed by atoms with E-state index in [1.807, 2.05) is 5.31 Å². The van der Waals surface area contributed by atoms with Gasteiger partial charge in [-0.05, 0) is 75.7 Å². The summed E-state index contributed by atoms with van der Waals surface area (Å²) in [5.41, 5.74) is -0.993. The Morgan fingerprint density at radius 1 is 0.529 bits per heavy atom. The van der Waals surface area contributed by atoms with E-state index in [2.05, 4.69) is 78.9 Å². The first kappa shape index (κ1) is 40.2. The molecule has 5 aliphatic carbocycles. The molecular weight excluding hydrogens is 916 g/mol. The summed E-state index contributed by atoms with van der Waals surface area (Å²) < 4.78 is 109. The summed E-state index contributed by atoms with van der Waals surface area (Å²) in [5.74, 6) is 0.847. The molecule has 0 spiro atoms. The predicted molar refractivity (Wildman–Crippen MR) is 184 cm³/mol. The van der Waals surface area contributed by atoms with Crippen molar-refractivity contribution in [3.8, 4) is 0 Å². The zero-order valence-electron chi connectivity index (χ0n) is 27.3. The summed E-state index contributed by atoms with van der Waals surface area (Å²) in [7, 11) is -13.6. The maximum Gasteiger partial charge on any atom is 1.00 e. The second-order valence-corrected chi connectivity index (χ2v) is 19.4. The van der Waals surface area contributed by atoms with Crippen molar-refractivity contribution in [2.75, 3.05) is 0 Å². The normalized spacial score (nSPS) is 21.3. The molecule has 2 bridgehead atoms. The Kier molecular flexibility index (Phi) is 12.4. The van der Waals surface area contributed by atoms with Crippen LogP contribution in [0.1, 0.15) is 104 Å². The third-order valence-electron chi connectivity index (χ3n) is 10.2. The second kappa shape index (κ2) is 15.8. The predicted octanol–water partition coefficient (Wildman–Crippen LogP) is 10.9. The van der Waals surface area contributed by atoms with Gasteiger partial charge >= 0.3 is 33.4 Å². The molecule has 280 valence electrons. The van der Waals surface area contributed by atoms with E-state index in [1.165, 1.54) is 69.8 Å². The van der Waals surface area contributed by atoms with Crippen LogP contribution in [0.3, 0.4) is 0 Å². The smallest absolute Gasteiger partial charge is 0.421 e. The molecule has 0 N–H and O–H groups in total. The molecule has 5 nitrogen and oxygen atoms in total. The summed E-state index contributed by atoms with van der Waals surface area (Å²) in [6.07, 6.45) is 14.6. The van der Waals surface area contributed by atoms with Gasteiger partial charge in [-0.3, -0.25) is 0 Å². The number of rotatable bonds is 6. The third-order valence-corrected chi connectivity index (χ3v) is 16.6. The minimum atomic E-state index is -6.72. The van der Waals surface area contributed by atoms with Gasteiger partial charge in [0.25, 0.3) is 0 Å². The number of halogens is 6. The van der Waals surface area contributed by atoms with E-state index in [1.54, 1.807) is 27.8 Å². The standard InChI is InChI=1S/C34H37P.C2F6NO4S2.Au/c1-4-14-24(15-5-1)31-32-27-20-10-12-22-29(27)33(30-23-13-11-21-28(30)32)34(31)35(25-16-6-2-7-17-25)26-18-8-3-9-19-26;3-1(4,5)14(10,11)9-15(12,13)2(6,7)8;/h1,4-5,10-15,20-23,25-26,32-33H,2-3,6-9,16-19H2;;/q;-1;+1. The fourth-order valence-corrected chi connectivity index (χ4v) is 14.2. The van der Waals surface area contributed by atoms with Crippen LogP contribution in [0.4, 0.5) is 26.3 Å². The molecule has 3 aromatic carbocycles. The van der Waals surface area contributed by atoms with Gasteiger partial charge in [0.15, 0.2) is 20.0 Å². The molecule has 0 amide bonds. The van der Waals surface area contributed by atoms with Crippen molar-refractivity contribution in [2.45, 2.75) is 98.4 Å². The van der Waals surface area contributed by atoms with Gasteiger partial charge in [-0.1, -0.05) is 125 Å². The van der Waals surface area contributed by atoms with Crippen molar-refractivity contribution < 1.29 is 65.6 Å². The van der Waals surface area contributed by atoms with Crippen LogP contribution in [0.25, 0.3) is 9.70 Å². The van der Waals surface area contributed by atoms with Crippen molar-refractivity contribution in [2.24, 2.45) is 0 Å². The molecule has 0 heterocycles. The molecule has 2 saturated carbocycles. The van der Waals surface area contributed by atoms with Crippen molar-refractivity contribution in [3.05, 3.63) is 116 Å². The molecule has 8 rings (SSSR count). The zero-order chi connectivity index (χ0) is 35.9. The van der Waals surface area contributed by atoms with Crippen LogP contribution in [0.2, 0.25) is 0 Å². The van der Waals surface area contributed by atoms with Crippen molar-refractivity contribution >= 4 is 33.5 Å². The maximum absolute atomic E-state index is 11.4. The summed E-state index contributed by atoms with van der Waals surface area (Å²) in [5, 5.41) is 1.90. The Balaban J connectivity index is 0.000000271. The summed E-state index contributed by atoms with van der Waals surface area (Å²) in [6, 6.07) is 30.5. The molecule has 2 fully saturated rings. The third kappa shape index (κ3) is 8.10. The molecule has 0 saturated heterocycles. The number of benzene rings is 3. The van der Waals surface area contributed by atoms with Crippen molar-refractivity contribution in [1.29, 1.82) is 0 Å². The van der Waals surface area contributed by atoms with E-state index in [4.69, 9.17) is 0 Å². The van der Waals surface area contributed by atoms with E-state index < -0.39 is 31.1 Å². The van der Waals surface area contributed by atoms with Gasteiger partial charge in [-0.15, -0.1) is 0 Å². The number of sulfonamides is 2. The van der Waals surface area contributed by atoms with Gasteiger partial charge in [0, 0.05) is 11.8 Å². The average Bonchev–Trinajstić information content (AvgIpc) is 3.08. The van der Waals surface area contributed by atoms with Crippen LogP contribution in [-0.4, -0.2) is 39.2 Å². The Bertz CT molecular complexity index is 1840. The fraction of sp³-hybridized carbons (Fsp3) is 0.444. The number of hydrogen-bond acceptors (Lipinski definition) is 4. The van der Waals surface area contributed by atoms with Gasteiger partial charge in [-0.25, -0.2) is 16.8 Å². The van der Waals surface area contributed by atoms with E-state index in [0.29, 0.717) is 11.8 Å². The van der Waals surface area contributed by atoms with Gasteiger partial charge in [0.1, 0.15) is 0 Å². The molecule has 0 unspecified atom stereocenters. The molecule has 0 radical (unpaired) electrons. The monoisotopic (exact) mass is 953 g/mol. The Morgan fingerprint density at radius 3 is 1.25 bits per heavy atom. The van der Waals surface area contributed by atoms with E-state index in [9.17, 15) is 43.2 Å². The van der Waals surface area contributed by atoms with Gasteiger partial charge in [-0.2, -0.15) is 26.3 Å². The molecule has 5 aliphatic rings. The summed E-state index contributed by atoms with van der Waals surface area (Å²) in [4.78, 5) is 0. The maximum atomic E-state index is 11.4. The Labute approximate surface area is 312 Å². The Morgan fingerprint density at radius 2 is 0.882 bits per heavy atom. The first-order chi connectivity index (χ1) is 23.6. The summed E-state index contributed by atoms with van der Waals surface area (Å²) >= 11 is 0. The van der Waals surface area contributed by atoms with Gasteiger partial charge < -0.3 is 4.13 Å². The van der Waals surface area contributed by atoms with Crippen LogP contribution < -0.4 is 0 Å². The summed E-state index contributed by atoms with van der Waals surface area (Å²) in [6.45, 7) is 0. The van der Waals surface area contributed by atoms with E-state index in [-0.39, 0.29) is 30.3 Å². The fourth-order valence-electron chi connectivity index (χ4n) is 8.16. The van der Waals surface area contributed by atoms with Crippen molar-refractivity contribution in [1.82, 2.24) is 0 Å². The minimum Gasteiger partial charge on any atom is -0.421 e. The van der Waals surface area contributed by atoms with Crippen LogP contribution in [-0.2, 0) is 42.4 Å². The number of hydrogen-bond donors (Lipinski definition) is 0. The van der Waals surface area contributed by atoms with Crippen LogP contribution in [0.15, 0.2) is 84.2 Å². The topological polar surface area (TPSA) is 82.4 Å². The average molecular weight is 954 g/mol. The number of nitrogens with zero attached hydrogens (tertiary/aromatic N) is 1. The minimum absolute atomic E-state index is 0. The van der Waals surface area contributed by atoms with E-state index >= 15 is 0 Å². The van der Waals surface area contributed by atoms with Crippen molar-refractivity contribution in [3.63, 3.8) is 0 Å². The second-order valence-electron chi connectivity index (χ2n) is 13.2. The largest absolute Gasteiger partial charge is 1.00 e. The SMILES string of the molecule is O=S(=O)([N-]S(=O)(=O)C(F)(F)F)C(F)(F)F.[Au+].c1ccc(C2=C(P(C3CCCCC3)C3CCCCC3)C3c4ccccc4C2c2ccccc23)cc1. The van der Waals surface area contributed by atoms with E-state index in [0.717, 1.165) is 15.4 Å². The molecule has 0 aliphatic heterocycles. The van der Waals surface area contributed by atoms with Crippen LogP contribution in [0, 0.1) is 0 Å². The first-order valence-corrected chi connectivity index (χ1v) is 21.1. The Hall–Kier alpha value is -1.99. The first-order valence-electron chi connectivity index (χ1n) is 16.7. The molecule has 51 heavy (non-hydrogen) atoms.